The molecule has 0 bridgehead atoms. The Morgan fingerprint density at radius 3 is 2.74 bits per heavy atom. The molecule has 1 fully saturated rings. The van der Waals surface area contributed by atoms with E-state index in [9.17, 15) is 4.79 Å². The minimum Gasteiger partial charge on any atom is -0.465 e. The summed E-state index contributed by atoms with van der Waals surface area (Å²) in [5, 5.41) is 12.9. The third-order valence-electron chi connectivity index (χ3n) is 4.29. The summed E-state index contributed by atoms with van der Waals surface area (Å²) in [6.45, 7) is 1.96. The second-order valence-corrected chi connectivity index (χ2v) is 7.33. The summed E-state index contributed by atoms with van der Waals surface area (Å²) in [4.78, 5) is 17.9. The first kappa shape index (κ1) is 19.7. The lowest BCUT2D eigenvalue weighted by Gasteiger charge is -2.29. The van der Waals surface area contributed by atoms with Gasteiger partial charge in [0.25, 0.3) is 5.89 Å². The van der Waals surface area contributed by atoms with Crippen LogP contribution in [0.5, 0.6) is 0 Å². The predicted octanol–water partition coefficient (Wildman–Crippen LogP) is 3.13. The molecular weight excluding hydrogens is 370 g/mol. The normalized spacial score (nSPS) is 15.2. The topological polar surface area (TPSA) is 97.9 Å². The van der Waals surface area contributed by atoms with Gasteiger partial charge in [0.05, 0.1) is 12.7 Å². The first-order chi connectivity index (χ1) is 13.2. The number of benzene rings is 1. The average molecular weight is 393 g/mol. The van der Waals surface area contributed by atoms with Crippen molar-refractivity contribution in [2.24, 2.45) is 0 Å². The maximum atomic E-state index is 10.9. The first-order valence-corrected chi connectivity index (χ1v) is 9.78. The van der Waals surface area contributed by atoms with Crippen LogP contribution in [0, 0.1) is 0 Å². The van der Waals surface area contributed by atoms with Gasteiger partial charge in [0.15, 0.2) is 5.82 Å². The Kier molecular flexibility index (Phi) is 7.08. The van der Waals surface area contributed by atoms with Crippen molar-refractivity contribution in [3.05, 3.63) is 30.1 Å². The summed E-state index contributed by atoms with van der Waals surface area (Å²) in [5.41, 5.74) is 0.861. The molecule has 0 atom stereocenters. The van der Waals surface area contributed by atoms with Gasteiger partial charge in [-0.25, -0.2) is 4.79 Å². The Morgan fingerprint density at radius 1 is 1.33 bits per heavy atom. The molecule has 1 N–H and O–H groups in total. The zero-order valence-electron chi connectivity index (χ0n) is 15.2. The van der Waals surface area contributed by atoms with Gasteiger partial charge in [-0.3, -0.25) is 0 Å². The van der Waals surface area contributed by atoms with Gasteiger partial charge < -0.3 is 24.0 Å². The fraction of sp³-hybridized carbons (Fsp3) is 0.500. The predicted molar refractivity (Wildman–Crippen MR) is 99.7 cm³/mol. The Bertz CT molecular complexity index is 729. The van der Waals surface area contributed by atoms with E-state index in [1.807, 2.05) is 24.3 Å². The number of ether oxygens (including phenoxy) is 2. The van der Waals surface area contributed by atoms with E-state index in [-0.39, 0.29) is 12.7 Å². The largest absolute Gasteiger partial charge is 0.465 e. The van der Waals surface area contributed by atoms with E-state index in [0.717, 1.165) is 22.8 Å². The van der Waals surface area contributed by atoms with Crippen LogP contribution in [-0.4, -0.2) is 64.9 Å². The van der Waals surface area contributed by atoms with Crippen molar-refractivity contribution >= 4 is 17.9 Å². The minimum absolute atomic E-state index is 0.0194. The second kappa shape index (κ2) is 9.72. The van der Waals surface area contributed by atoms with Crippen LogP contribution in [0.15, 0.2) is 33.7 Å². The van der Waals surface area contributed by atoms with Gasteiger partial charge >= 0.3 is 6.09 Å². The molecule has 9 heteroatoms. The van der Waals surface area contributed by atoms with Crippen LogP contribution in [0.1, 0.15) is 18.7 Å². The molecule has 1 aromatic heterocycles. The number of amides is 1. The van der Waals surface area contributed by atoms with Crippen LogP contribution in [0.2, 0.25) is 0 Å². The van der Waals surface area contributed by atoms with Crippen molar-refractivity contribution in [2.75, 3.05) is 32.6 Å². The van der Waals surface area contributed by atoms with E-state index in [1.165, 1.54) is 4.90 Å². The maximum Gasteiger partial charge on any atom is 0.407 e. The number of hydrogen-bond acceptors (Lipinski definition) is 7. The molecule has 1 aliphatic heterocycles. The van der Waals surface area contributed by atoms with E-state index in [2.05, 4.69) is 10.1 Å². The van der Waals surface area contributed by atoms with Gasteiger partial charge in [0, 0.05) is 36.4 Å². The van der Waals surface area contributed by atoms with Gasteiger partial charge in [-0.2, -0.15) is 4.98 Å². The SMILES string of the molecule is COCCSc1ccc(-c2nc(COC3CCN(C(=O)O)CC3)no2)cc1. The molecule has 27 heavy (non-hydrogen) atoms. The van der Waals surface area contributed by atoms with Gasteiger partial charge in [-0.15, -0.1) is 11.8 Å². The molecular formula is C18H23N3O5S. The number of thioether (sulfide) groups is 1. The minimum atomic E-state index is -0.876. The molecule has 0 saturated carbocycles. The summed E-state index contributed by atoms with van der Waals surface area (Å²) >= 11 is 1.73. The zero-order chi connectivity index (χ0) is 19.1. The molecule has 3 rings (SSSR count). The maximum absolute atomic E-state index is 10.9. The molecule has 0 unspecified atom stereocenters. The molecule has 8 nitrogen and oxygen atoms in total. The highest BCUT2D eigenvalue weighted by molar-refractivity contribution is 7.99. The number of carboxylic acid groups (broad SMARTS) is 1. The monoisotopic (exact) mass is 393 g/mol. The highest BCUT2D eigenvalue weighted by atomic mass is 32.2. The number of methoxy groups -OCH3 is 1. The van der Waals surface area contributed by atoms with E-state index < -0.39 is 6.09 Å². The van der Waals surface area contributed by atoms with E-state index in [0.29, 0.717) is 37.6 Å². The number of likely N-dealkylation sites (tertiary alicyclic amines) is 1. The fourth-order valence-electron chi connectivity index (χ4n) is 2.77. The first-order valence-electron chi connectivity index (χ1n) is 8.80. The average Bonchev–Trinajstić information content (AvgIpc) is 3.16. The van der Waals surface area contributed by atoms with E-state index >= 15 is 0 Å². The lowest BCUT2D eigenvalue weighted by molar-refractivity contribution is -0.00294. The van der Waals surface area contributed by atoms with Crippen molar-refractivity contribution in [3.63, 3.8) is 0 Å². The number of nitrogens with zero attached hydrogens (tertiary/aromatic N) is 3. The molecule has 0 spiro atoms. The number of rotatable bonds is 8. The highest BCUT2D eigenvalue weighted by Gasteiger charge is 2.23. The van der Waals surface area contributed by atoms with E-state index in [4.69, 9.17) is 19.1 Å². The molecule has 1 amide bonds. The van der Waals surface area contributed by atoms with Gasteiger partial charge in [0.1, 0.15) is 6.61 Å². The third-order valence-corrected chi connectivity index (χ3v) is 5.26. The molecule has 0 aliphatic carbocycles. The Morgan fingerprint density at radius 2 is 2.07 bits per heavy atom. The molecule has 2 heterocycles. The fourth-order valence-corrected chi connectivity index (χ4v) is 3.59. The smallest absolute Gasteiger partial charge is 0.407 e. The zero-order valence-corrected chi connectivity index (χ0v) is 16.0. The standard InChI is InChI=1S/C18H23N3O5S/c1-24-10-11-27-15-4-2-13(3-5-15)17-19-16(20-26-17)12-25-14-6-8-21(9-7-14)18(22)23/h2-5,14H,6-12H2,1H3,(H,22,23). The lowest BCUT2D eigenvalue weighted by atomic mass is 10.1. The molecule has 1 saturated heterocycles. The van der Waals surface area contributed by atoms with Gasteiger partial charge in [0.2, 0.25) is 0 Å². The van der Waals surface area contributed by atoms with Crippen molar-refractivity contribution in [3.8, 4) is 11.5 Å². The molecule has 1 aromatic carbocycles. The Hall–Kier alpha value is -2.10. The van der Waals surface area contributed by atoms with Crippen LogP contribution in [0.4, 0.5) is 4.79 Å². The Labute approximate surface area is 161 Å². The van der Waals surface area contributed by atoms with Crippen molar-refractivity contribution in [1.29, 1.82) is 0 Å². The van der Waals surface area contributed by atoms with Crippen LogP contribution < -0.4 is 0 Å². The summed E-state index contributed by atoms with van der Waals surface area (Å²) in [7, 11) is 1.69. The Balaban J connectivity index is 1.48. The van der Waals surface area contributed by atoms with Crippen LogP contribution >= 0.6 is 11.8 Å². The molecule has 2 aromatic rings. The van der Waals surface area contributed by atoms with Crippen LogP contribution in [-0.2, 0) is 16.1 Å². The number of hydrogen-bond donors (Lipinski definition) is 1. The number of carbonyl (C=O) groups is 1. The molecule has 0 radical (unpaired) electrons. The van der Waals surface area contributed by atoms with Crippen LogP contribution in [0.25, 0.3) is 11.5 Å². The number of piperidine rings is 1. The highest BCUT2D eigenvalue weighted by Crippen LogP contribution is 2.23. The van der Waals surface area contributed by atoms with Crippen molar-refractivity contribution in [1.82, 2.24) is 15.0 Å². The van der Waals surface area contributed by atoms with Gasteiger partial charge in [-0.1, -0.05) is 5.16 Å². The quantitative estimate of drug-likeness (QED) is 0.540. The third kappa shape index (κ3) is 5.69. The summed E-state index contributed by atoms with van der Waals surface area (Å²) < 4.78 is 16.2. The van der Waals surface area contributed by atoms with E-state index in [1.54, 1.807) is 18.9 Å². The molecule has 1 aliphatic rings. The summed E-state index contributed by atoms with van der Waals surface area (Å²) in [6.07, 6.45) is 0.503. The summed E-state index contributed by atoms with van der Waals surface area (Å²) in [5.74, 6) is 1.86. The second-order valence-electron chi connectivity index (χ2n) is 6.16. The lowest BCUT2D eigenvalue weighted by Crippen LogP contribution is -2.40. The summed E-state index contributed by atoms with van der Waals surface area (Å²) in [6, 6.07) is 7.95. The molecule has 146 valence electrons. The number of aromatic nitrogens is 2. The van der Waals surface area contributed by atoms with Crippen molar-refractivity contribution in [2.45, 2.75) is 30.4 Å². The van der Waals surface area contributed by atoms with Gasteiger partial charge in [-0.05, 0) is 37.1 Å². The van der Waals surface area contributed by atoms with Crippen molar-refractivity contribution < 1.29 is 23.9 Å². The van der Waals surface area contributed by atoms with Crippen LogP contribution in [0.3, 0.4) is 0 Å².